The van der Waals surface area contributed by atoms with E-state index in [0.29, 0.717) is 5.92 Å². The van der Waals surface area contributed by atoms with E-state index in [4.69, 9.17) is 0 Å². The molecule has 56 heavy (non-hydrogen) atoms. The summed E-state index contributed by atoms with van der Waals surface area (Å²) in [4.78, 5) is 0. The summed E-state index contributed by atoms with van der Waals surface area (Å²) in [6.45, 7) is 25.6. The molecule has 0 saturated carbocycles. The topological polar surface area (TPSA) is 0 Å². The first-order chi connectivity index (χ1) is 27.2. The third kappa shape index (κ3) is 12.7. The van der Waals surface area contributed by atoms with Crippen molar-refractivity contribution in [2.75, 3.05) is 0 Å². The molecule has 0 aromatic heterocycles. The average molecular weight is 770 g/mol. The lowest BCUT2D eigenvalue weighted by Crippen LogP contribution is -2.63. The van der Waals surface area contributed by atoms with Gasteiger partial charge in [-0.1, -0.05) is 258 Å². The Morgan fingerprint density at radius 3 is 1.30 bits per heavy atom. The van der Waals surface area contributed by atoms with Crippen LogP contribution in [-0.2, 0) is 5.41 Å². The van der Waals surface area contributed by atoms with Gasteiger partial charge in [-0.25, -0.2) is 0 Å². The fourth-order valence-electron chi connectivity index (χ4n) is 12.8. The average Bonchev–Trinajstić information content (AvgIpc) is 3.22. The minimum atomic E-state index is -0.00156. The van der Waals surface area contributed by atoms with Crippen LogP contribution in [0, 0.1) is 22.2 Å². The molecule has 0 spiro atoms. The Morgan fingerprint density at radius 1 is 0.446 bits per heavy atom. The first kappa shape index (κ1) is 50.6. The molecule has 0 heteroatoms. The molecule has 0 amide bonds. The smallest absolute Gasteiger partial charge is 0.00780 e. The Balaban J connectivity index is 3.09. The highest BCUT2D eigenvalue weighted by molar-refractivity contribution is 5.39. The van der Waals surface area contributed by atoms with Crippen molar-refractivity contribution in [3.8, 4) is 0 Å². The predicted octanol–water partition coefficient (Wildman–Crippen LogP) is 19.4. The molecule has 0 fully saturated rings. The Morgan fingerprint density at radius 2 is 0.875 bits per heavy atom. The minimum Gasteiger partial charge on any atom is -0.0654 e. The van der Waals surface area contributed by atoms with Crippen molar-refractivity contribution in [3.63, 3.8) is 0 Å². The van der Waals surface area contributed by atoms with Gasteiger partial charge < -0.3 is 0 Å². The van der Waals surface area contributed by atoms with E-state index < -0.39 is 0 Å². The lowest BCUT2D eigenvalue weighted by atomic mass is 9.35. The fourth-order valence-corrected chi connectivity index (χ4v) is 12.8. The molecule has 0 bridgehead atoms. The van der Waals surface area contributed by atoms with E-state index in [1.54, 1.807) is 11.1 Å². The quantitative estimate of drug-likeness (QED) is 0.0613. The summed E-state index contributed by atoms with van der Waals surface area (Å²) in [6, 6.07) is 24.1. The third-order valence-electron chi connectivity index (χ3n) is 15.5. The van der Waals surface area contributed by atoms with Gasteiger partial charge in [0.1, 0.15) is 0 Å². The molecule has 4 atom stereocenters. The third-order valence-corrected chi connectivity index (χ3v) is 15.5. The van der Waals surface area contributed by atoms with E-state index in [9.17, 15) is 0 Å². The van der Waals surface area contributed by atoms with Gasteiger partial charge >= 0.3 is 0 Å². The number of hydrogen-bond donors (Lipinski definition) is 0. The summed E-state index contributed by atoms with van der Waals surface area (Å²) < 4.78 is 0. The molecule has 2 rings (SSSR count). The van der Waals surface area contributed by atoms with Crippen LogP contribution in [0.3, 0.4) is 0 Å². The largest absolute Gasteiger partial charge is 0.0654 e. The van der Waals surface area contributed by atoms with Crippen LogP contribution in [0.25, 0.3) is 0 Å². The highest BCUT2D eigenvalue weighted by Gasteiger charge is 2.66. The molecule has 2 aromatic rings. The molecule has 1 radical (unpaired) electrons. The monoisotopic (exact) mass is 770 g/mol. The number of hydrogen-bond acceptors (Lipinski definition) is 0. The molecule has 0 saturated heterocycles. The summed E-state index contributed by atoms with van der Waals surface area (Å²) in [5.74, 6) is 2.41. The lowest BCUT2D eigenvalue weighted by Gasteiger charge is -2.69. The molecule has 2 aromatic carbocycles. The first-order valence-electron chi connectivity index (χ1n) is 25.2. The van der Waals surface area contributed by atoms with Crippen molar-refractivity contribution in [1.82, 2.24) is 0 Å². The molecular formula is C56H97. The second kappa shape index (κ2) is 28.0. The van der Waals surface area contributed by atoms with Crippen LogP contribution >= 0.6 is 0 Å². The van der Waals surface area contributed by atoms with Crippen LogP contribution in [0.5, 0.6) is 0 Å². The van der Waals surface area contributed by atoms with E-state index in [2.05, 4.69) is 130 Å². The molecular weight excluding hydrogens is 673 g/mol. The van der Waals surface area contributed by atoms with Crippen LogP contribution in [0.2, 0.25) is 0 Å². The van der Waals surface area contributed by atoms with Gasteiger partial charge in [0, 0.05) is 5.41 Å². The summed E-state index contributed by atoms with van der Waals surface area (Å²) in [6.07, 6.45) is 37.6. The summed E-state index contributed by atoms with van der Waals surface area (Å²) >= 11 is 0. The van der Waals surface area contributed by atoms with Crippen molar-refractivity contribution in [1.29, 1.82) is 0 Å². The maximum absolute atomic E-state index is 2.87. The summed E-state index contributed by atoms with van der Waals surface area (Å²) in [5.41, 5.74) is 3.60. The molecule has 321 valence electrons. The van der Waals surface area contributed by atoms with Gasteiger partial charge in [0.05, 0.1) is 0 Å². The summed E-state index contributed by atoms with van der Waals surface area (Å²) in [7, 11) is 0. The zero-order valence-corrected chi connectivity index (χ0v) is 39.6. The molecule has 0 nitrogen and oxygen atoms in total. The Labute approximate surface area is 353 Å². The predicted molar refractivity (Wildman–Crippen MR) is 254 cm³/mol. The SMILES string of the molecule is CCCCCCCCC(CC)([C](CCC)CCC)C(CC)(CCCCCCCC)C(C)(C)C(CCCCCCCC)(c1ccccc1)C(CC)c1ccccc1. The van der Waals surface area contributed by atoms with E-state index in [1.165, 1.54) is 180 Å². The maximum atomic E-state index is 2.87. The van der Waals surface area contributed by atoms with Crippen molar-refractivity contribution >= 4 is 0 Å². The van der Waals surface area contributed by atoms with Crippen molar-refractivity contribution < 1.29 is 0 Å². The van der Waals surface area contributed by atoms with Gasteiger partial charge in [0.25, 0.3) is 0 Å². The van der Waals surface area contributed by atoms with Gasteiger partial charge in [-0.3, -0.25) is 0 Å². The molecule has 0 aliphatic rings. The van der Waals surface area contributed by atoms with E-state index >= 15 is 0 Å². The number of unbranched alkanes of at least 4 members (excludes halogenated alkanes) is 15. The number of benzene rings is 2. The second-order valence-corrected chi connectivity index (χ2v) is 18.9. The van der Waals surface area contributed by atoms with Gasteiger partial charge in [-0.05, 0) is 90.6 Å². The van der Waals surface area contributed by atoms with Crippen LogP contribution in [0.4, 0.5) is 0 Å². The van der Waals surface area contributed by atoms with Crippen LogP contribution in [0.15, 0.2) is 60.7 Å². The molecule has 4 unspecified atom stereocenters. The van der Waals surface area contributed by atoms with Crippen molar-refractivity contribution in [2.45, 2.75) is 260 Å². The van der Waals surface area contributed by atoms with E-state index in [1.807, 2.05) is 5.92 Å². The minimum absolute atomic E-state index is 0.00156. The van der Waals surface area contributed by atoms with Gasteiger partial charge in [-0.15, -0.1) is 0 Å². The van der Waals surface area contributed by atoms with E-state index in [0.717, 1.165) is 0 Å². The molecule has 0 aliphatic carbocycles. The van der Waals surface area contributed by atoms with Crippen molar-refractivity contribution in [2.24, 2.45) is 16.2 Å². The van der Waals surface area contributed by atoms with Gasteiger partial charge in [0.2, 0.25) is 0 Å². The highest BCUT2D eigenvalue weighted by Crippen LogP contribution is 2.73. The normalized spacial score (nSPS) is 16.1. The Bertz CT molecular complexity index is 1190. The lowest BCUT2D eigenvalue weighted by molar-refractivity contribution is -0.139. The zero-order valence-electron chi connectivity index (χ0n) is 39.6. The fraction of sp³-hybridized carbons (Fsp3) is 0.768. The Kier molecular flexibility index (Phi) is 25.3. The molecule has 0 N–H and O–H groups in total. The van der Waals surface area contributed by atoms with Gasteiger partial charge in [-0.2, -0.15) is 0 Å². The summed E-state index contributed by atoms with van der Waals surface area (Å²) in [5, 5.41) is 0. The van der Waals surface area contributed by atoms with Crippen LogP contribution in [0.1, 0.15) is 266 Å². The van der Waals surface area contributed by atoms with Crippen molar-refractivity contribution in [3.05, 3.63) is 77.7 Å². The number of rotatable bonds is 35. The standard InChI is InChI=1S/C56H97/c1-11-19-22-25-28-37-46-54(17-7,50(40-14-4)41-15-5)55(18-8,47-38-29-26-23-20-12-2)53(9,10)56(51-44-35-32-36-45-51,48-39-30-27-24-21-13-3)52(16-6)49-42-33-31-34-43-49/h31-36,42-45,52H,11-30,37-41,46-48H2,1-10H3. The highest BCUT2D eigenvalue weighted by atomic mass is 14.7. The first-order valence-corrected chi connectivity index (χ1v) is 25.2. The molecule has 0 heterocycles. The Hall–Kier alpha value is -1.56. The van der Waals surface area contributed by atoms with Crippen LogP contribution in [-0.4, -0.2) is 0 Å². The molecule has 0 aliphatic heterocycles. The maximum Gasteiger partial charge on any atom is 0.00780 e. The second-order valence-electron chi connectivity index (χ2n) is 18.9. The van der Waals surface area contributed by atoms with Crippen LogP contribution < -0.4 is 0 Å². The van der Waals surface area contributed by atoms with Gasteiger partial charge in [0.15, 0.2) is 0 Å². The van der Waals surface area contributed by atoms with E-state index in [-0.39, 0.29) is 21.7 Å². The zero-order chi connectivity index (χ0) is 41.2.